The van der Waals surface area contributed by atoms with Gasteiger partial charge in [-0.25, -0.2) is 0 Å². The Kier molecular flexibility index (Phi) is 3.03. The van der Waals surface area contributed by atoms with Crippen molar-refractivity contribution < 1.29 is 15.0 Å². The number of fused-ring (bicyclic) bond motifs is 1. The van der Waals surface area contributed by atoms with Crippen LogP contribution in [0.4, 0.5) is 0 Å². The summed E-state index contributed by atoms with van der Waals surface area (Å²) in [6, 6.07) is 7.48. The molecule has 2 aromatic rings. The lowest BCUT2D eigenvalue weighted by Gasteiger charge is -2.09. The van der Waals surface area contributed by atoms with Crippen LogP contribution >= 0.6 is 0 Å². The van der Waals surface area contributed by atoms with Gasteiger partial charge in [-0.15, -0.1) is 0 Å². The highest BCUT2D eigenvalue weighted by molar-refractivity contribution is 5.97. The summed E-state index contributed by atoms with van der Waals surface area (Å²) >= 11 is 0. The van der Waals surface area contributed by atoms with Gasteiger partial charge in [0.1, 0.15) is 0 Å². The maximum absolute atomic E-state index is 10.9. The molecule has 0 unspecified atom stereocenters. The van der Waals surface area contributed by atoms with Crippen molar-refractivity contribution in [3.8, 4) is 0 Å². The number of hydrogen-bond acceptors (Lipinski definition) is 3. The highest BCUT2D eigenvalue weighted by atomic mass is 16.3. The lowest BCUT2D eigenvalue weighted by molar-refractivity contribution is 0.0821. The van der Waals surface area contributed by atoms with E-state index < -0.39 is 6.10 Å². The van der Waals surface area contributed by atoms with Crippen molar-refractivity contribution in [1.82, 2.24) is 4.57 Å². The van der Waals surface area contributed by atoms with Crippen molar-refractivity contribution >= 4 is 17.2 Å². The Bertz CT molecular complexity index is 504. The summed E-state index contributed by atoms with van der Waals surface area (Å²) in [5, 5.41) is 19.1. The number of benzene rings is 1. The van der Waals surface area contributed by atoms with Gasteiger partial charge >= 0.3 is 0 Å². The van der Waals surface area contributed by atoms with Crippen LogP contribution in [0.2, 0.25) is 0 Å². The molecule has 1 heterocycles. The second-order valence-electron chi connectivity index (χ2n) is 3.71. The number of para-hydroxylation sites is 1. The Morgan fingerprint density at radius 1 is 1.38 bits per heavy atom. The molecule has 84 valence electrons. The van der Waals surface area contributed by atoms with E-state index in [2.05, 4.69) is 0 Å². The third-order valence-corrected chi connectivity index (χ3v) is 2.56. The minimum Gasteiger partial charge on any atom is -0.394 e. The fraction of sp³-hybridized carbons (Fsp3) is 0.250. The second-order valence-corrected chi connectivity index (χ2v) is 3.71. The Labute approximate surface area is 92.7 Å². The second kappa shape index (κ2) is 4.47. The summed E-state index contributed by atoms with van der Waals surface area (Å²) < 4.78 is 1.78. The molecule has 1 aromatic carbocycles. The maximum Gasteiger partial charge on any atom is 0.152 e. The molecule has 1 aromatic heterocycles. The van der Waals surface area contributed by atoms with Crippen LogP contribution in [-0.4, -0.2) is 33.8 Å². The largest absolute Gasteiger partial charge is 0.394 e. The number of carbonyl (C=O) groups excluding carboxylic acids is 1. The zero-order valence-corrected chi connectivity index (χ0v) is 8.71. The van der Waals surface area contributed by atoms with Gasteiger partial charge in [0.2, 0.25) is 0 Å². The van der Waals surface area contributed by atoms with Gasteiger partial charge in [0.05, 0.1) is 19.3 Å². The Balaban J connectivity index is 2.49. The van der Waals surface area contributed by atoms with Gasteiger partial charge in [-0.1, -0.05) is 18.2 Å². The van der Waals surface area contributed by atoms with Crippen LogP contribution in [0.5, 0.6) is 0 Å². The highest BCUT2D eigenvalue weighted by Gasteiger charge is 2.10. The topological polar surface area (TPSA) is 62.5 Å². The molecular weight excluding hydrogens is 206 g/mol. The molecule has 2 N–H and O–H groups in total. The number of aliphatic hydroxyl groups excluding tert-OH is 2. The first-order valence-electron chi connectivity index (χ1n) is 5.08. The van der Waals surface area contributed by atoms with Crippen LogP contribution < -0.4 is 0 Å². The minimum absolute atomic E-state index is 0.283. The third-order valence-electron chi connectivity index (χ3n) is 2.56. The van der Waals surface area contributed by atoms with Crippen molar-refractivity contribution in [1.29, 1.82) is 0 Å². The van der Waals surface area contributed by atoms with E-state index in [4.69, 9.17) is 5.11 Å². The van der Waals surface area contributed by atoms with E-state index in [1.807, 2.05) is 24.3 Å². The summed E-state index contributed by atoms with van der Waals surface area (Å²) in [5.41, 5.74) is 1.48. The molecule has 4 heteroatoms. The molecule has 0 saturated heterocycles. The molecule has 0 aliphatic carbocycles. The van der Waals surface area contributed by atoms with Gasteiger partial charge in [0, 0.05) is 22.7 Å². The lowest BCUT2D eigenvalue weighted by atomic mass is 10.2. The number of aromatic nitrogens is 1. The number of carbonyl (C=O) groups is 1. The summed E-state index contributed by atoms with van der Waals surface area (Å²) in [5.74, 6) is 0. The summed E-state index contributed by atoms with van der Waals surface area (Å²) in [4.78, 5) is 10.9. The van der Waals surface area contributed by atoms with Crippen molar-refractivity contribution in [3.05, 3.63) is 36.0 Å². The van der Waals surface area contributed by atoms with E-state index in [0.29, 0.717) is 5.56 Å². The van der Waals surface area contributed by atoms with Crippen LogP contribution in [0.1, 0.15) is 10.4 Å². The third kappa shape index (κ3) is 1.85. The van der Waals surface area contributed by atoms with Crippen LogP contribution in [0.25, 0.3) is 10.9 Å². The molecule has 4 nitrogen and oxygen atoms in total. The predicted molar refractivity (Wildman–Crippen MR) is 60.4 cm³/mol. The number of nitrogens with zero attached hydrogens (tertiary/aromatic N) is 1. The van der Waals surface area contributed by atoms with E-state index in [1.165, 1.54) is 0 Å². The molecule has 0 amide bonds. The van der Waals surface area contributed by atoms with Gasteiger partial charge < -0.3 is 14.8 Å². The molecule has 0 saturated carbocycles. The number of aliphatic hydroxyl groups is 2. The van der Waals surface area contributed by atoms with Gasteiger partial charge in [0.15, 0.2) is 6.29 Å². The molecule has 0 radical (unpaired) electrons. The standard InChI is InChI=1S/C12H13NO3/c14-7-9-5-13(6-10(16)8-15)12-4-2-1-3-11(9)12/h1-5,7,10,15-16H,6,8H2/t10-/m0/s1. The smallest absolute Gasteiger partial charge is 0.152 e. The molecule has 2 rings (SSSR count). The molecule has 0 aliphatic heterocycles. The molecule has 0 fully saturated rings. The first-order chi connectivity index (χ1) is 7.76. The van der Waals surface area contributed by atoms with Crippen molar-refractivity contribution in [3.63, 3.8) is 0 Å². The summed E-state index contributed by atoms with van der Waals surface area (Å²) in [7, 11) is 0. The van der Waals surface area contributed by atoms with Gasteiger partial charge in [-0.3, -0.25) is 4.79 Å². The first-order valence-corrected chi connectivity index (χ1v) is 5.08. The normalized spacial score (nSPS) is 12.9. The van der Waals surface area contributed by atoms with E-state index >= 15 is 0 Å². The van der Waals surface area contributed by atoms with Crippen LogP contribution in [0, 0.1) is 0 Å². The van der Waals surface area contributed by atoms with Gasteiger partial charge in [-0.05, 0) is 6.07 Å². The quantitative estimate of drug-likeness (QED) is 0.748. The number of aldehydes is 1. The number of hydrogen-bond donors (Lipinski definition) is 2. The maximum atomic E-state index is 10.9. The molecule has 0 bridgehead atoms. The Hall–Kier alpha value is -1.65. The molecule has 1 atom stereocenters. The van der Waals surface area contributed by atoms with E-state index in [9.17, 15) is 9.90 Å². The fourth-order valence-electron chi connectivity index (χ4n) is 1.80. The minimum atomic E-state index is -0.810. The van der Waals surface area contributed by atoms with Crippen LogP contribution in [0.3, 0.4) is 0 Å². The van der Waals surface area contributed by atoms with E-state index in [1.54, 1.807) is 10.8 Å². The van der Waals surface area contributed by atoms with Crippen molar-refractivity contribution in [2.45, 2.75) is 12.6 Å². The predicted octanol–water partition coefficient (Wildman–Crippen LogP) is 0.807. The first kappa shape index (κ1) is 10.9. The molecular formula is C12H13NO3. The molecule has 16 heavy (non-hydrogen) atoms. The summed E-state index contributed by atoms with van der Waals surface area (Å²) in [6.45, 7) is -0.00617. The molecule has 0 spiro atoms. The Morgan fingerprint density at radius 3 is 2.81 bits per heavy atom. The average molecular weight is 219 g/mol. The molecule has 0 aliphatic rings. The van der Waals surface area contributed by atoms with Gasteiger partial charge in [-0.2, -0.15) is 0 Å². The SMILES string of the molecule is O=Cc1cn(C[C@H](O)CO)c2ccccc12. The summed E-state index contributed by atoms with van der Waals surface area (Å²) in [6.07, 6.45) is 1.68. The average Bonchev–Trinajstić information content (AvgIpc) is 2.68. The zero-order chi connectivity index (χ0) is 11.5. The number of rotatable bonds is 4. The fourth-order valence-corrected chi connectivity index (χ4v) is 1.80. The van der Waals surface area contributed by atoms with Crippen molar-refractivity contribution in [2.75, 3.05) is 6.61 Å². The zero-order valence-electron chi connectivity index (χ0n) is 8.71. The van der Waals surface area contributed by atoms with Crippen LogP contribution in [0.15, 0.2) is 30.5 Å². The lowest BCUT2D eigenvalue weighted by Crippen LogP contribution is -2.19. The van der Waals surface area contributed by atoms with E-state index in [0.717, 1.165) is 17.2 Å². The monoisotopic (exact) mass is 219 g/mol. The van der Waals surface area contributed by atoms with Crippen molar-refractivity contribution in [2.24, 2.45) is 0 Å². The van der Waals surface area contributed by atoms with E-state index in [-0.39, 0.29) is 13.2 Å². The van der Waals surface area contributed by atoms with Gasteiger partial charge in [0.25, 0.3) is 0 Å². The Morgan fingerprint density at radius 2 is 2.12 bits per heavy atom. The van der Waals surface area contributed by atoms with Crippen LogP contribution in [-0.2, 0) is 6.54 Å². The highest BCUT2D eigenvalue weighted by Crippen LogP contribution is 2.20.